The molecule has 0 radical (unpaired) electrons. The minimum atomic E-state index is -0.937. The van der Waals surface area contributed by atoms with Gasteiger partial charge in [-0.05, 0) is 12.0 Å². The van der Waals surface area contributed by atoms with Gasteiger partial charge in [0.2, 0.25) is 5.91 Å². The Kier molecular flexibility index (Phi) is 6.42. The second-order valence-corrected chi connectivity index (χ2v) is 5.96. The molecular weight excluding hydrogens is 338 g/mol. The van der Waals surface area contributed by atoms with Crippen LogP contribution in [0.15, 0.2) is 36.5 Å². The van der Waals surface area contributed by atoms with E-state index in [0.29, 0.717) is 0 Å². The summed E-state index contributed by atoms with van der Waals surface area (Å²) in [6.07, 6.45) is 1.55. The van der Waals surface area contributed by atoms with Gasteiger partial charge in [-0.3, -0.25) is 14.4 Å². The summed E-state index contributed by atoms with van der Waals surface area (Å²) in [6, 6.07) is 8.65. The van der Waals surface area contributed by atoms with Crippen molar-refractivity contribution in [2.45, 2.75) is 25.4 Å². The first kappa shape index (κ1) is 19.1. The van der Waals surface area contributed by atoms with E-state index in [4.69, 9.17) is 5.11 Å². The molecule has 2 aromatic rings. The Labute approximate surface area is 150 Å². The predicted molar refractivity (Wildman–Crippen MR) is 92.2 cm³/mol. The monoisotopic (exact) mass is 359 g/mol. The molecule has 9 heteroatoms. The van der Waals surface area contributed by atoms with Crippen molar-refractivity contribution in [2.75, 3.05) is 14.1 Å². The minimum Gasteiger partial charge on any atom is -0.481 e. The predicted octanol–water partition coefficient (Wildman–Crippen LogP) is 0.702. The third kappa shape index (κ3) is 5.40. The fourth-order valence-electron chi connectivity index (χ4n) is 2.27. The summed E-state index contributed by atoms with van der Waals surface area (Å²) in [5, 5.41) is 19.3. The number of benzene rings is 1. The van der Waals surface area contributed by atoms with Crippen molar-refractivity contribution < 1.29 is 19.5 Å². The highest BCUT2D eigenvalue weighted by Crippen LogP contribution is 2.18. The van der Waals surface area contributed by atoms with Crippen LogP contribution in [0, 0.1) is 0 Å². The molecule has 9 nitrogen and oxygen atoms in total. The largest absolute Gasteiger partial charge is 0.481 e. The number of hydrogen-bond donors (Lipinski definition) is 2. The van der Waals surface area contributed by atoms with Gasteiger partial charge in [-0.2, -0.15) is 0 Å². The van der Waals surface area contributed by atoms with E-state index in [1.54, 1.807) is 14.1 Å². The average molecular weight is 359 g/mol. The third-order valence-corrected chi connectivity index (χ3v) is 3.72. The first-order valence-electron chi connectivity index (χ1n) is 8.04. The van der Waals surface area contributed by atoms with Crippen LogP contribution in [0.4, 0.5) is 0 Å². The number of aromatic nitrogens is 3. The molecule has 0 aliphatic heterocycles. The van der Waals surface area contributed by atoms with Crippen molar-refractivity contribution in [1.82, 2.24) is 25.2 Å². The SMILES string of the molecule is CN(C)C(=O)Cn1cc(C(=O)NC(CCC(=O)O)c2ccccc2)nn1. The number of aliphatic carboxylic acids is 1. The number of carboxylic acids is 1. The van der Waals surface area contributed by atoms with Gasteiger partial charge in [0.05, 0.1) is 12.2 Å². The molecule has 1 atom stereocenters. The summed E-state index contributed by atoms with van der Waals surface area (Å²) in [5.74, 6) is -1.59. The van der Waals surface area contributed by atoms with Crippen molar-refractivity contribution in [2.24, 2.45) is 0 Å². The van der Waals surface area contributed by atoms with E-state index in [1.165, 1.54) is 15.8 Å². The minimum absolute atomic E-state index is 0.0194. The van der Waals surface area contributed by atoms with Crippen LogP contribution in [0.5, 0.6) is 0 Å². The fourth-order valence-corrected chi connectivity index (χ4v) is 2.27. The Balaban J connectivity index is 2.08. The average Bonchev–Trinajstić information content (AvgIpc) is 3.07. The van der Waals surface area contributed by atoms with E-state index in [9.17, 15) is 14.4 Å². The molecule has 2 amide bonds. The zero-order chi connectivity index (χ0) is 19.1. The van der Waals surface area contributed by atoms with E-state index < -0.39 is 17.9 Å². The Hall–Kier alpha value is -3.23. The van der Waals surface area contributed by atoms with Crippen LogP contribution in [0.3, 0.4) is 0 Å². The topological polar surface area (TPSA) is 117 Å². The van der Waals surface area contributed by atoms with E-state index in [-0.39, 0.29) is 31.0 Å². The maximum atomic E-state index is 12.4. The number of carbonyl (C=O) groups is 3. The standard InChI is InChI=1S/C17H21N5O4/c1-21(2)15(23)11-22-10-14(19-20-22)17(26)18-13(8-9-16(24)25)12-6-4-3-5-7-12/h3-7,10,13H,8-9,11H2,1-2H3,(H,18,26)(H,24,25). The summed E-state index contributed by atoms with van der Waals surface area (Å²) >= 11 is 0. The Morgan fingerprint density at radius 2 is 1.92 bits per heavy atom. The number of hydrogen-bond acceptors (Lipinski definition) is 5. The van der Waals surface area contributed by atoms with E-state index in [1.807, 2.05) is 30.3 Å². The molecule has 2 rings (SSSR count). The molecule has 1 aromatic heterocycles. The molecule has 0 aliphatic carbocycles. The second-order valence-electron chi connectivity index (χ2n) is 5.96. The van der Waals surface area contributed by atoms with Gasteiger partial charge in [0.1, 0.15) is 6.54 Å². The molecule has 0 bridgehead atoms. The lowest BCUT2D eigenvalue weighted by molar-refractivity contribution is -0.137. The van der Waals surface area contributed by atoms with Crippen LogP contribution < -0.4 is 5.32 Å². The van der Waals surface area contributed by atoms with Crippen LogP contribution in [-0.2, 0) is 16.1 Å². The van der Waals surface area contributed by atoms with E-state index >= 15 is 0 Å². The lowest BCUT2D eigenvalue weighted by Gasteiger charge is -2.17. The van der Waals surface area contributed by atoms with Gasteiger partial charge in [-0.25, -0.2) is 4.68 Å². The van der Waals surface area contributed by atoms with Crippen LogP contribution in [0.2, 0.25) is 0 Å². The van der Waals surface area contributed by atoms with Crippen molar-refractivity contribution in [3.8, 4) is 0 Å². The number of likely N-dealkylation sites (N-methyl/N-ethyl adjacent to an activating group) is 1. The zero-order valence-electron chi connectivity index (χ0n) is 14.6. The van der Waals surface area contributed by atoms with E-state index in [0.717, 1.165) is 5.56 Å². The molecule has 1 aromatic carbocycles. The van der Waals surface area contributed by atoms with Gasteiger partial charge in [0, 0.05) is 20.5 Å². The highest BCUT2D eigenvalue weighted by atomic mass is 16.4. The number of nitrogens with one attached hydrogen (secondary N) is 1. The van der Waals surface area contributed by atoms with Crippen molar-refractivity contribution in [1.29, 1.82) is 0 Å². The second kappa shape index (κ2) is 8.75. The molecular formula is C17H21N5O4. The van der Waals surface area contributed by atoms with E-state index in [2.05, 4.69) is 15.6 Å². The highest BCUT2D eigenvalue weighted by molar-refractivity contribution is 5.92. The third-order valence-electron chi connectivity index (χ3n) is 3.72. The molecule has 1 unspecified atom stereocenters. The van der Waals surface area contributed by atoms with Crippen LogP contribution in [0.25, 0.3) is 0 Å². The van der Waals surface area contributed by atoms with Crippen molar-refractivity contribution in [3.63, 3.8) is 0 Å². The van der Waals surface area contributed by atoms with Crippen LogP contribution >= 0.6 is 0 Å². The zero-order valence-corrected chi connectivity index (χ0v) is 14.6. The smallest absolute Gasteiger partial charge is 0.303 e. The van der Waals surface area contributed by atoms with Gasteiger partial charge in [-0.1, -0.05) is 35.5 Å². The molecule has 26 heavy (non-hydrogen) atoms. The maximum Gasteiger partial charge on any atom is 0.303 e. The summed E-state index contributed by atoms with van der Waals surface area (Å²) < 4.78 is 1.28. The lowest BCUT2D eigenvalue weighted by atomic mass is 10.0. The molecule has 0 fully saturated rings. The quantitative estimate of drug-likeness (QED) is 0.716. The lowest BCUT2D eigenvalue weighted by Crippen LogP contribution is -2.29. The molecule has 1 heterocycles. The maximum absolute atomic E-state index is 12.4. The Bertz CT molecular complexity index is 772. The number of carbonyl (C=O) groups excluding carboxylic acids is 2. The van der Waals surface area contributed by atoms with Crippen LogP contribution in [0.1, 0.15) is 34.9 Å². The molecule has 0 aliphatic rings. The van der Waals surface area contributed by atoms with Gasteiger partial charge in [0.15, 0.2) is 5.69 Å². The van der Waals surface area contributed by atoms with Crippen molar-refractivity contribution in [3.05, 3.63) is 47.8 Å². The summed E-state index contributed by atoms with van der Waals surface area (Å²) in [5.41, 5.74) is 0.866. The normalized spacial score (nSPS) is 11.6. The molecule has 0 saturated heterocycles. The number of rotatable bonds is 8. The van der Waals surface area contributed by atoms with Gasteiger partial charge < -0.3 is 15.3 Å². The molecule has 0 saturated carbocycles. The van der Waals surface area contributed by atoms with Crippen LogP contribution in [-0.4, -0.2) is 56.9 Å². The Morgan fingerprint density at radius 1 is 1.23 bits per heavy atom. The highest BCUT2D eigenvalue weighted by Gasteiger charge is 2.19. The van der Waals surface area contributed by atoms with Gasteiger partial charge in [0.25, 0.3) is 5.91 Å². The number of carboxylic acid groups (broad SMARTS) is 1. The summed E-state index contributed by atoms with van der Waals surface area (Å²) in [4.78, 5) is 36.4. The molecule has 138 valence electrons. The Morgan fingerprint density at radius 3 is 2.54 bits per heavy atom. The molecule has 2 N–H and O–H groups in total. The fraction of sp³-hybridized carbons (Fsp3) is 0.353. The summed E-state index contributed by atoms with van der Waals surface area (Å²) in [7, 11) is 3.25. The number of nitrogens with zero attached hydrogens (tertiary/aromatic N) is 4. The first-order chi connectivity index (χ1) is 12.4. The summed E-state index contributed by atoms with van der Waals surface area (Å²) in [6.45, 7) is -0.0194. The number of amides is 2. The van der Waals surface area contributed by atoms with Gasteiger partial charge in [-0.15, -0.1) is 5.10 Å². The molecule has 0 spiro atoms. The van der Waals surface area contributed by atoms with Crippen molar-refractivity contribution >= 4 is 17.8 Å². The van der Waals surface area contributed by atoms with Gasteiger partial charge >= 0.3 is 5.97 Å². The first-order valence-corrected chi connectivity index (χ1v) is 8.04.